The summed E-state index contributed by atoms with van der Waals surface area (Å²) in [5.41, 5.74) is 2.47. The van der Waals surface area contributed by atoms with Crippen LogP contribution in [0.15, 0.2) is 30.3 Å². The summed E-state index contributed by atoms with van der Waals surface area (Å²) in [5, 5.41) is 2.76. The van der Waals surface area contributed by atoms with E-state index in [1.54, 1.807) is 33.7 Å². The molecular weight excluding hydrogens is 309 g/mol. The van der Waals surface area contributed by atoms with Gasteiger partial charge in [0.2, 0.25) is 5.91 Å². The van der Waals surface area contributed by atoms with Crippen molar-refractivity contribution in [3.8, 4) is 5.69 Å². The van der Waals surface area contributed by atoms with E-state index in [1.807, 2.05) is 13.8 Å². The summed E-state index contributed by atoms with van der Waals surface area (Å²) in [6.45, 7) is 5.00. The Morgan fingerprint density at radius 2 is 1.96 bits per heavy atom. The molecule has 0 atom stereocenters. The molecule has 1 aromatic heterocycles. The third-order valence-corrected chi connectivity index (χ3v) is 4.35. The van der Waals surface area contributed by atoms with Crippen LogP contribution >= 0.6 is 0 Å². The number of aryl methyl sites for hydroxylation is 1. The molecule has 0 spiro atoms. The van der Waals surface area contributed by atoms with Crippen LogP contribution in [0.1, 0.15) is 28.2 Å². The summed E-state index contributed by atoms with van der Waals surface area (Å²) in [4.78, 5) is 26.0. The summed E-state index contributed by atoms with van der Waals surface area (Å²) in [7, 11) is 0. The van der Waals surface area contributed by atoms with E-state index in [9.17, 15) is 14.0 Å². The Morgan fingerprint density at radius 3 is 2.71 bits per heavy atom. The van der Waals surface area contributed by atoms with Crippen molar-refractivity contribution in [2.75, 3.05) is 19.6 Å². The van der Waals surface area contributed by atoms with Crippen LogP contribution < -0.4 is 5.32 Å². The molecule has 0 radical (unpaired) electrons. The van der Waals surface area contributed by atoms with Gasteiger partial charge < -0.3 is 14.8 Å². The van der Waals surface area contributed by atoms with Crippen molar-refractivity contribution in [2.24, 2.45) is 0 Å². The molecule has 1 aliphatic heterocycles. The van der Waals surface area contributed by atoms with Crippen molar-refractivity contribution in [3.63, 3.8) is 0 Å². The van der Waals surface area contributed by atoms with Crippen LogP contribution in [0.2, 0.25) is 0 Å². The number of para-hydroxylation sites is 1. The number of nitrogens with zero attached hydrogens (tertiary/aromatic N) is 2. The second kappa shape index (κ2) is 6.47. The van der Waals surface area contributed by atoms with Crippen LogP contribution in [0.4, 0.5) is 4.39 Å². The fraction of sp³-hybridized carbons (Fsp3) is 0.333. The summed E-state index contributed by atoms with van der Waals surface area (Å²) < 4.78 is 15.9. The molecule has 2 amide bonds. The average Bonchev–Trinajstić information content (AvgIpc) is 2.72. The lowest BCUT2D eigenvalue weighted by molar-refractivity contribution is -0.120. The maximum absolute atomic E-state index is 14.1. The van der Waals surface area contributed by atoms with Gasteiger partial charge in [-0.25, -0.2) is 4.39 Å². The number of hydrogen-bond donors (Lipinski definition) is 1. The second-order valence-corrected chi connectivity index (χ2v) is 5.96. The fourth-order valence-electron chi connectivity index (χ4n) is 3.12. The highest BCUT2D eigenvalue weighted by molar-refractivity contribution is 5.96. The van der Waals surface area contributed by atoms with Crippen molar-refractivity contribution in [1.29, 1.82) is 0 Å². The Bertz CT molecular complexity index is 798. The van der Waals surface area contributed by atoms with Crippen LogP contribution in [0.5, 0.6) is 0 Å². The van der Waals surface area contributed by atoms with E-state index in [2.05, 4.69) is 5.32 Å². The molecular formula is C18H20FN3O2. The van der Waals surface area contributed by atoms with Crippen LogP contribution in [0, 0.1) is 19.7 Å². The fourth-order valence-corrected chi connectivity index (χ4v) is 3.12. The zero-order chi connectivity index (χ0) is 17.3. The number of rotatable bonds is 2. The van der Waals surface area contributed by atoms with Crippen LogP contribution in [-0.2, 0) is 4.79 Å². The Labute approximate surface area is 140 Å². The molecule has 1 aliphatic rings. The predicted molar refractivity (Wildman–Crippen MR) is 88.7 cm³/mol. The first-order valence-electron chi connectivity index (χ1n) is 7.99. The highest BCUT2D eigenvalue weighted by atomic mass is 19.1. The first kappa shape index (κ1) is 16.2. The smallest absolute Gasteiger partial charge is 0.255 e. The molecule has 0 unspecified atom stereocenters. The van der Waals surface area contributed by atoms with Crippen LogP contribution in [0.3, 0.4) is 0 Å². The summed E-state index contributed by atoms with van der Waals surface area (Å²) in [6.07, 6.45) is 0.303. The molecule has 1 fully saturated rings. The Hall–Kier alpha value is -2.63. The van der Waals surface area contributed by atoms with Crippen LogP contribution in [0.25, 0.3) is 5.69 Å². The zero-order valence-corrected chi connectivity index (χ0v) is 13.8. The first-order valence-corrected chi connectivity index (χ1v) is 7.99. The van der Waals surface area contributed by atoms with Crippen molar-refractivity contribution < 1.29 is 14.0 Å². The van der Waals surface area contributed by atoms with Gasteiger partial charge in [-0.05, 0) is 32.0 Å². The lowest BCUT2D eigenvalue weighted by atomic mass is 10.2. The standard InChI is InChI=1S/C18H20FN3O2/c1-12-11-14(18(24)21-9-7-17(23)20-8-10-21)13(2)22(12)16-6-4-3-5-15(16)19/h3-6,11H,7-10H2,1-2H3,(H,20,23). The molecule has 3 rings (SSSR count). The molecule has 1 N–H and O–H groups in total. The summed E-state index contributed by atoms with van der Waals surface area (Å²) in [6, 6.07) is 8.29. The van der Waals surface area contributed by atoms with Gasteiger partial charge in [0.1, 0.15) is 5.82 Å². The van der Waals surface area contributed by atoms with Gasteiger partial charge in [0.05, 0.1) is 11.3 Å². The van der Waals surface area contributed by atoms with Crippen molar-refractivity contribution >= 4 is 11.8 Å². The normalized spacial score (nSPS) is 15.1. The minimum atomic E-state index is -0.331. The van der Waals surface area contributed by atoms with E-state index < -0.39 is 0 Å². The molecule has 0 aliphatic carbocycles. The van der Waals surface area contributed by atoms with Gasteiger partial charge in [0.15, 0.2) is 0 Å². The number of carbonyl (C=O) groups is 2. The van der Waals surface area contributed by atoms with E-state index in [0.717, 1.165) is 5.69 Å². The average molecular weight is 329 g/mol. The van der Waals surface area contributed by atoms with Crippen LogP contribution in [-0.4, -0.2) is 40.9 Å². The van der Waals surface area contributed by atoms with Crippen molar-refractivity contribution in [3.05, 3.63) is 53.1 Å². The third-order valence-electron chi connectivity index (χ3n) is 4.35. The number of carbonyl (C=O) groups excluding carboxylic acids is 2. The van der Waals surface area contributed by atoms with Crippen molar-refractivity contribution in [1.82, 2.24) is 14.8 Å². The maximum Gasteiger partial charge on any atom is 0.255 e. The topological polar surface area (TPSA) is 54.3 Å². The summed E-state index contributed by atoms with van der Waals surface area (Å²) in [5.74, 6) is -0.493. The molecule has 0 saturated carbocycles. The molecule has 6 heteroatoms. The van der Waals surface area contributed by atoms with E-state index in [4.69, 9.17) is 0 Å². The van der Waals surface area contributed by atoms with Gasteiger partial charge in [-0.1, -0.05) is 12.1 Å². The second-order valence-electron chi connectivity index (χ2n) is 5.96. The maximum atomic E-state index is 14.1. The number of amides is 2. The Kier molecular flexibility index (Phi) is 4.38. The monoisotopic (exact) mass is 329 g/mol. The Balaban J connectivity index is 1.95. The molecule has 126 valence electrons. The number of halogens is 1. The van der Waals surface area contributed by atoms with Gasteiger partial charge in [-0.15, -0.1) is 0 Å². The number of benzene rings is 1. The van der Waals surface area contributed by atoms with E-state index >= 15 is 0 Å². The highest BCUT2D eigenvalue weighted by Gasteiger charge is 2.24. The van der Waals surface area contributed by atoms with Gasteiger partial charge >= 0.3 is 0 Å². The van der Waals surface area contributed by atoms with E-state index in [1.165, 1.54) is 6.07 Å². The zero-order valence-electron chi connectivity index (χ0n) is 13.8. The molecule has 1 saturated heterocycles. The number of aromatic nitrogens is 1. The van der Waals surface area contributed by atoms with Gasteiger partial charge in [0.25, 0.3) is 5.91 Å². The third kappa shape index (κ3) is 2.91. The molecule has 0 bridgehead atoms. The predicted octanol–water partition coefficient (Wildman–Crippen LogP) is 2.20. The Morgan fingerprint density at radius 1 is 1.21 bits per heavy atom. The van der Waals surface area contributed by atoms with Gasteiger partial charge in [-0.3, -0.25) is 9.59 Å². The SMILES string of the molecule is Cc1cc(C(=O)N2CCNC(=O)CC2)c(C)n1-c1ccccc1F. The lowest BCUT2D eigenvalue weighted by Crippen LogP contribution is -2.34. The largest absolute Gasteiger partial charge is 0.354 e. The quantitative estimate of drug-likeness (QED) is 0.918. The lowest BCUT2D eigenvalue weighted by Gasteiger charge is -2.19. The van der Waals surface area contributed by atoms with Gasteiger partial charge in [-0.2, -0.15) is 0 Å². The summed E-state index contributed by atoms with van der Waals surface area (Å²) >= 11 is 0. The minimum Gasteiger partial charge on any atom is -0.354 e. The molecule has 5 nitrogen and oxygen atoms in total. The molecule has 2 aromatic rings. The van der Waals surface area contributed by atoms with Crippen molar-refractivity contribution in [2.45, 2.75) is 20.3 Å². The van der Waals surface area contributed by atoms with E-state index in [0.29, 0.717) is 43.0 Å². The first-order chi connectivity index (χ1) is 11.5. The number of hydrogen-bond acceptors (Lipinski definition) is 2. The highest BCUT2D eigenvalue weighted by Crippen LogP contribution is 2.24. The van der Waals surface area contributed by atoms with Gasteiger partial charge in [0, 0.05) is 37.4 Å². The van der Waals surface area contributed by atoms with E-state index in [-0.39, 0.29) is 17.6 Å². The molecule has 1 aromatic carbocycles. The molecule has 2 heterocycles. The minimum absolute atomic E-state index is 0.0397. The molecule has 24 heavy (non-hydrogen) atoms. The number of nitrogens with one attached hydrogen (secondary N) is 1.